The van der Waals surface area contributed by atoms with Crippen LogP contribution in [0.5, 0.6) is 5.75 Å². The minimum absolute atomic E-state index is 0.145. The molecular formula is C26H32F2N2O2. The van der Waals surface area contributed by atoms with Gasteiger partial charge >= 0.3 is 0 Å². The zero-order chi connectivity index (χ0) is 23.0. The van der Waals surface area contributed by atoms with Crippen LogP contribution >= 0.6 is 0 Å². The second-order valence-corrected chi connectivity index (χ2v) is 10.1. The first-order chi connectivity index (χ1) is 15.2. The highest BCUT2D eigenvalue weighted by Gasteiger charge is 2.48. The fourth-order valence-electron chi connectivity index (χ4n) is 5.25. The molecule has 2 fully saturated rings. The van der Waals surface area contributed by atoms with Gasteiger partial charge in [-0.25, -0.2) is 8.78 Å². The summed E-state index contributed by atoms with van der Waals surface area (Å²) in [5.41, 5.74) is 1.08. The summed E-state index contributed by atoms with van der Waals surface area (Å²) >= 11 is 0. The fraction of sp³-hybridized carbons (Fsp3) is 0.500. The molecule has 4 rings (SSSR count). The van der Waals surface area contributed by atoms with Gasteiger partial charge in [-0.3, -0.25) is 9.69 Å². The highest BCUT2D eigenvalue weighted by molar-refractivity contribution is 5.82. The van der Waals surface area contributed by atoms with Crippen molar-refractivity contribution < 1.29 is 18.3 Å². The van der Waals surface area contributed by atoms with E-state index in [1.165, 1.54) is 0 Å². The first kappa shape index (κ1) is 22.7. The number of likely N-dealkylation sites (tertiary alicyclic amines) is 2. The minimum atomic E-state index is -0.811. The number of carbonyl (C=O) groups excluding carboxylic acids is 1. The van der Waals surface area contributed by atoms with Crippen LogP contribution in [0.25, 0.3) is 0 Å². The van der Waals surface area contributed by atoms with Crippen LogP contribution in [0.4, 0.5) is 8.78 Å². The van der Waals surface area contributed by atoms with Crippen molar-refractivity contribution in [1.82, 2.24) is 9.80 Å². The maximum atomic E-state index is 14.3. The molecule has 4 nitrogen and oxygen atoms in total. The Hall–Kier alpha value is -2.47. The number of piperidine rings is 1. The molecule has 3 atom stereocenters. The van der Waals surface area contributed by atoms with Crippen LogP contribution in [-0.2, 0) is 11.3 Å². The van der Waals surface area contributed by atoms with Gasteiger partial charge in [-0.1, -0.05) is 45.0 Å². The van der Waals surface area contributed by atoms with Crippen LogP contribution in [0.15, 0.2) is 42.5 Å². The summed E-state index contributed by atoms with van der Waals surface area (Å²) in [7, 11) is 1.65. The predicted molar refractivity (Wildman–Crippen MR) is 120 cm³/mol. The molecule has 0 N–H and O–H groups in total. The number of ether oxygens (including phenoxy) is 1. The van der Waals surface area contributed by atoms with Crippen molar-refractivity contribution in [3.8, 4) is 5.75 Å². The van der Waals surface area contributed by atoms with Gasteiger partial charge in [-0.05, 0) is 30.2 Å². The zero-order valence-electron chi connectivity index (χ0n) is 19.3. The van der Waals surface area contributed by atoms with E-state index >= 15 is 0 Å². The lowest BCUT2D eigenvalue weighted by Gasteiger charge is -2.40. The third kappa shape index (κ3) is 4.38. The normalized spacial score (nSPS) is 23.8. The second kappa shape index (κ2) is 8.81. The Morgan fingerprint density at radius 2 is 1.88 bits per heavy atom. The molecule has 0 aliphatic carbocycles. The lowest BCUT2D eigenvalue weighted by Crippen LogP contribution is -2.50. The van der Waals surface area contributed by atoms with Crippen molar-refractivity contribution in [1.29, 1.82) is 0 Å². The van der Waals surface area contributed by atoms with Crippen LogP contribution in [0, 0.1) is 23.0 Å². The molecule has 2 saturated heterocycles. The number of fused-ring (bicyclic) bond motifs is 1. The number of amides is 1. The Morgan fingerprint density at radius 1 is 1.12 bits per heavy atom. The molecule has 0 spiro atoms. The third-order valence-corrected chi connectivity index (χ3v) is 6.86. The number of carbonyl (C=O) groups is 1. The Balaban J connectivity index is 1.61. The van der Waals surface area contributed by atoms with Crippen molar-refractivity contribution in [2.45, 2.75) is 45.7 Å². The van der Waals surface area contributed by atoms with Crippen molar-refractivity contribution in [3.63, 3.8) is 0 Å². The van der Waals surface area contributed by atoms with Gasteiger partial charge in [-0.2, -0.15) is 0 Å². The van der Waals surface area contributed by atoms with Gasteiger partial charge < -0.3 is 9.64 Å². The van der Waals surface area contributed by atoms with E-state index in [1.54, 1.807) is 19.2 Å². The maximum absolute atomic E-state index is 14.3. The molecule has 2 aromatic rings. The van der Waals surface area contributed by atoms with E-state index in [2.05, 4.69) is 21.9 Å². The Morgan fingerprint density at radius 3 is 2.59 bits per heavy atom. The first-order valence-corrected chi connectivity index (χ1v) is 11.3. The Bertz CT molecular complexity index is 988. The second-order valence-electron chi connectivity index (χ2n) is 10.1. The molecule has 0 bridgehead atoms. The van der Waals surface area contributed by atoms with E-state index in [0.717, 1.165) is 36.9 Å². The van der Waals surface area contributed by atoms with E-state index in [9.17, 15) is 13.6 Å². The van der Waals surface area contributed by atoms with Crippen molar-refractivity contribution in [3.05, 3.63) is 65.2 Å². The number of hydrogen-bond donors (Lipinski definition) is 0. The summed E-state index contributed by atoms with van der Waals surface area (Å²) in [6.45, 7) is 8.40. The molecule has 1 amide bonds. The number of nitrogens with zero attached hydrogens (tertiary/aromatic N) is 2. The topological polar surface area (TPSA) is 32.8 Å². The van der Waals surface area contributed by atoms with E-state index in [4.69, 9.17) is 4.74 Å². The van der Waals surface area contributed by atoms with Crippen molar-refractivity contribution in [2.75, 3.05) is 26.7 Å². The third-order valence-electron chi connectivity index (χ3n) is 6.86. The first-order valence-electron chi connectivity index (χ1n) is 11.3. The largest absolute Gasteiger partial charge is 0.497 e. The Kier molecular flexibility index (Phi) is 6.26. The summed E-state index contributed by atoms with van der Waals surface area (Å²) < 4.78 is 33.4. The fourth-order valence-corrected chi connectivity index (χ4v) is 5.25. The highest BCUT2D eigenvalue weighted by atomic mass is 19.2. The van der Waals surface area contributed by atoms with Gasteiger partial charge in [0.25, 0.3) is 0 Å². The van der Waals surface area contributed by atoms with Gasteiger partial charge in [-0.15, -0.1) is 0 Å². The number of benzene rings is 2. The lowest BCUT2D eigenvalue weighted by atomic mass is 9.81. The number of halogens is 2. The molecule has 2 aromatic carbocycles. The average molecular weight is 443 g/mol. The summed E-state index contributed by atoms with van der Waals surface area (Å²) in [5.74, 6) is -0.221. The molecule has 32 heavy (non-hydrogen) atoms. The number of hydrogen-bond acceptors (Lipinski definition) is 3. The summed E-state index contributed by atoms with van der Waals surface area (Å²) in [5, 5.41) is 0. The Labute approximate surface area is 189 Å². The quantitative estimate of drug-likeness (QED) is 0.680. The summed E-state index contributed by atoms with van der Waals surface area (Å²) in [6, 6.07) is 12.6. The van der Waals surface area contributed by atoms with E-state index in [1.807, 2.05) is 32.9 Å². The molecule has 6 heteroatoms. The summed E-state index contributed by atoms with van der Waals surface area (Å²) in [6.07, 6.45) is 0.823. The smallest absolute Gasteiger partial charge is 0.228 e. The highest BCUT2D eigenvalue weighted by Crippen LogP contribution is 2.43. The summed E-state index contributed by atoms with van der Waals surface area (Å²) in [4.78, 5) is 17.5. The number of rotatable bonds is 4. The molecule has 172 valence electrons. The van der Waals surface area contributed by atoms with Gasteiger partial charge in [0.15, 0.2) is 11.6 Å². The van der Waals surface area contributed by atoms with Crippen molar-refractivity contribution >= 4 is 5.91 Å². The van der Waals surface area contributed by atoms with Gasteiger partial charge in [0.1, 0.15) is 5.75 Å². The zero-order valence-corrected chi connectivity index (χ0v) is 19.3. The van der Waals surface area contributed by atoms with E-state index in [-0.39, 0.29) is 23.8 Å². The van der Waals surface area contributed by atoms with Gasteiger partial charge in [0, 0.05) is 55.0 Å². The monoisotopic (exact) mass is 442 g/mol. The standard InChI is InChI=1S/C26H32F2N2O2/c1-26(2,3)25(31)30-16-20(17-7-5-9-19(13-17)32-4)21-15-29(12-11-23(21)30)14-18-8-6-10-22(27)24(18)28/h5-10,13,20-21,23H,11-12,14-16H2,1-4H3/t20-,21-,23-/m0/s1. The number of methoxy groups -OCH3 is 1. The molecule has 2 heterocycles. The SMILES string of the molecule is COc1cccc([C@@H]2CN(C(=O)C(C)(C)C)[C@H]3CCN(Cc4cccc(F)c4F)C[C@@H]23)c1. The molecular weight excluding hydrogens is 410 g/mol. The van der Waals surface area contributed by atoms with Crippen LogP contribution in [-0.4, -0.2) is 48.5 Å². The van der Waals surface area contributed by atoms with Crippen LogP contribution < -0.4 is 4.74 Å². The van der Waals surface area contributed by atoms with Gasteiger partial charge in [0.2, 0.25) is 5.91 Å². The molecule has 0 aromatic heterocycles. The van der Waals surface area contributed by atoms with E-state index < -0.39 is 17.0 Å². The molecule has 2 aliphatic rings. The maximum Gasteiger partial charge on any atom is 0.228 e. The van der Waals surface area contributed by atoms with Crippen LogP contribution in [0.3, 0.4) is 0 Å². The molecule has 0 radical (unpaired) electrons. The average Bonchev–Trinajstić information content (AvgIpc) is 3.14. The van der Waals surface area contributed by atoms with Crippen LogP contribution in [0.2, 0.25) is 0 Å². The lowest BCUT2D eigenvalue weighted by molar-refractivity contribution is -0.141. The van der Waals surface area contributed by atoms with Crippen LogP contribution in [0.1, 0.15) is 44.2 Å². The molecule has 2 aliphatic heterocycles. The molecule has 0 unspecified atom stereocenters. The molecule has 0 saturated carbocycles. The van der Waals surface area contributed by atoms with Crippen molar-refractivity contribution in [2.24, 2.45) is 11.3 Å². The van der Waals surface area contributed by atoms with Gasteiger partial charge in [0.05, 0.1) is 7.11 Å². The van der Waals surface area contributed by atoms with E-state index in [0.29, 0.717) is 18.7 Å². The predicted octanol–water partition coefficient (Wildman–Crippen LogP) is 4.84. The minimum Gasteiger partial charge on any atom is -0.497 e.